The van der Waals surface area contributed by atoms with Crippen molar-refractivity contribution < 1.29 is 0 Å². The minimum Gasteiger partial charge on any atom is -0.370 e. The lowest BCUT2D eigenvalue weighted by molar-refractivity contribution is 0.373. The van der Waals surface area contributed by atoms with Crippen LogP contribution in [0.1, 0.15) is 53.5 Å². The quantitative estimate of drug-likeness (QED) is 0.895. The average Bonchev–Trinajstić information content (AvgIpc) is 2.74. The Labute approximate surface area is 130 Å². The van der Waals surface area contributed by atoms with Gasteiger partial charge >= 0.3 is 0 Å². The van der Waals surface area contributed by atoms with Crippen LogP contribution in [0.25, 0.3) is 0 Å². The van der Waals surface area contributed by atoms with Crippen LogP contribution in [0, 0.1) is 5.41 Å². The highest BCUT2D eigenvalue weighted by Gasteiger charge is 2.25. The van der Waals surface area contributed by atoms with Crippen molar-refractivity contribution in [2.24, 2.45) is 5.41 Å². The van der Waals surface area contributed by atoms with E-state index in [1.54, 1.807) is 0 Å². The van der Waals surface area contributed by atoms with Crippen LogP contribution in [0.4, 0.5) is 5.69 Å². The molecule has 0 bridgehead atoms. The second-order valence-corrected chi connectivity index (χ2v) is 8.73. The predicted molar refractivity (Wildman–Crippen MR) is 93.1 cm³/mol. The second kappa shape index (κ2) is 6.00. The van der Waals surface area contributed by atoms with Crippen molar-refractivity contribution in [3.63, 3.8) is 0 Å². The summed E-state index contributed by atoms with van der Waals surface area (Å²) in [5, 5.41) is 3.72. The molecule has 0 saturated carbocycles. The summed E-state index contributed by atoms with van der Waals surface area (Å²) in [5.41, 5.74) is 3.37. The summed E-state index contributed by atoms with van der Waals surface area (Å²) in [4.78, 5) is 2.50. The molecule has 0 aromatic heterocycles. The van der Waals surface area contributed by atoms with Crippen LogP contribution in [-0.4, -0.2) is 24.7 Å². The largest absolute Gasteiger partial charge is 0.370 e. The average molecular weight is 288 g/mol. The van der Waals surface area contributed by atoms with Gasteiger partial charge in [0.25, 0.3) is 0 Å². The highest BCUT2D eigenvalue weighted by atomic mass is 15.2. The molecule has 2 heteroatoms. The van der Waals surface area contributed by atoms with Crippen molar-refractivity contribution >= 4 is 5.69 Å². The third-order valence-electron chi connectivity index (χ3n) is 3.86. The lowest BCUT2D eigenvalue weighted by atomic mass is 9.88. The molecule has 0 radical (unpaired) electrons. The molecule has 2 rings (SSSR count). The molecule has 0 spiro atoms. The fourth-order valence-corrected chi connectivity index (χ4v) is 3.16. The van der Waals surface area contributed by atoms with Crippen LogP contribution in [-0.2, 0) is 6.42 Å². The summed E-state index contributed by atoms with van der Waals surface area (Å²) in [7, 11) is 0. The normalized spacial score (nSPS) is 20.1. The van der Waals surface area contributed by atoms with Gasteiger partial charge in [0.2, 0.25) is 0 Å². The molecule has 1 aromatic rings. The van der Waals surface area contributed by atoms with Gasteiger partial charge in [0, 0.05) is 30.4 Å². The number of rotatable bonds is 3. The van der Waals surface area contributed by atoms with E-state index in [4.69, 9.17) is 0 Å². The molecule has 1 aliphatic heterocycles. The van der Waals surface area contributed by atoms with E-state index in [2.05, 4.69) is 76.0 Å². The van der Waals surface area contributed by atoms with Crippen LogP contribution < -0.4 is 10.2 Å². The number of nitrogens with one attached hydrogen (secondary N) is 1. The molecular formula is C19H32N2. The van der Waals surface area contributed by atoms with Crippen molar-refractivity contribution in [1.29, 1.82) is 0 Å². The Morgan fingerprint density at radius 3 is 2.19 bits per heavy atom. The van der Waals surface area contributed by atoms with Crippen molar-refractivity contribution in [2.75, 3.05) is 18.0 Å². The molecule has 1 saturated heterocycles. The van der Waals surface area contributed by atoms with E-state index in [1.165, 1.54) is 17.7 Å². The van der Waals surface area contributed by atoms with E-state index < -0.39 is 0 Å². The zero-order chi connectivity index (χ0) is 15.7. The molecule has 0 aliphatic carbocycles. The van der Waals surface area contributed by atoms with E-state index in [0.717, 1.165) is 19.5 Å². The summed E-state index contributed by atoms with van der Waals surface area (Å²) in [6.45, 7) is 15.9. The predicted octanol–water partition coefficient (Wildman–Crippen LogP) is 4.24. The van der Waals surface area contributed by atoms with Crippen molar-refractivity contribution in [3.8, 4) is 0 Å². The highest BCUT2D eigenvalue weighted by molar-refractivity contribution is 5.49. The van der Waals surface area contributed by atoms with Crippen LogP contribution in [0.15, 0.2) is 24.3 Å². The lowest BCUT2D eigenvalue weighted by Crippen LogP contribution is -2.44. The van der Waals surface area contributed by atoms with Gasteiger partial charge in [0.05, 0.1) is 0 Å². The molecule has 21 heavy (non-hydrogen) atoms. The van der Waals surface area contributed by atoms with Gasteiger partial charge in [-0.3, -0.25) is 0 Å². The van der Waals surface area contributed by atoms with E-state index >= 15 is 0 Å². The highest BCUT2D eigenvalue weighted by Crippen LogP contribution is 2.25. The molecular weight excluding hydrogens is 256 g/mol. The van der Waals surface area contributed by atoms with Gasteiger partial charge in [-0.15, -0.1) is 0 Å². The molecule has 118 valence electrons. The van der Waals surface area contributed by atoms with Crippen molar-refractivity contribution in [3.05, 3.63) is 29.8 Å². The van der Waals surface area contributed by atoms with E-state index in [0.29, 0.717) is 11.5 Å². The molecule has 0 amide bonds. The number of hydrogen-bond donors (Lipinski definition) is 1. The van der Waals surface area contributed by atoms with Crippen molar-refractivity contribution in [1.82, 2.24) is 5.32 Å². The molecule has 1 aromatic carbocycles. The molecule has 1 N–H and O–H groups in total. The van der Waals surface area contributed by atoms with Crippen LogP contribution in [0.2, 0.25) is 0 Å². The number of anilines is 1. The van der Waals surface area contributed by atoms with Crippen molar-refractivity contribution in [2.45, 2.75) is 66.0 Å². The van der Waals surface area contributed by atoms with Gasteiger partial charge in [-0.2, -0.15) is 0 Å². The smallest absolute Gasteiger partial charge is 0.0366 e. The second-order valence-electron chi connectivity index (χ2n) is 8.73. The topological polar surface area (TPSA) is 15.3 Å². The Hall–Kier alpha value is -1.02. The third-order valence-corrected chi connectivity index (χ3v) is 3.86. The molecule has 1 fully saturated rings. The Kier molecular flexibility index (Phi) is 4.67. The van der Waals surface area contributed by atoms with Gasteiger partial charge in [-0.1, -0.05) is 32.9 Å². The Morgan fingerprint density at radius 1 is 1.05 bits per heavy atom. The van der Waals surface area contributed by atoms with Gasteiger partial charge in [0.15, 0.2) is 0 Å². The summed E-state index contributed by atoms with van der Waals surface area (Å²) < 4.78 is 0. The lowest BCUT2D eigenvalue weighted by Gasteiger charge is -2.26. The summed E-state index contributed by atoms with van der Waals surface area (Å²) >= 11 is 0. The summed E-state index contributed by atoms with van der Waals surface area (Å²) in [5.74, 6) is 0. The minimum atomic E-state index is 0.206. The number of hydrogen-bond acceptors (Lipinski definition) is 2. The first-order chi connectivity index (χ1) is 9.62. The first-order valence-electron chi connectivity index (χ1n) is 8.24. The Balaban J connectivity index is 1.94. The number of benzene rings is 1. The number of nitrogens with zero attached hydrogens (tertiary/aromatic N) is 1. The molecule has 2 nitrogen and oxygen atoms in total. The van der Waals surface area contributed by atoms with Crippen LogP contribution in [0.5, 0.6) is 0 Å². The molecule has 0 unspecified atom stereocenters. The molecule has 1 heterocycles. The zero-order valence-corrected chi connectivity index (χ0v) is 14.7. The van der Waals surface area contributed by atoms with E-state index in [-0.39, 0.29) is 5.54 Å². The van der Waals surface area contributed by atoms with Gasteiger partial charge in [0.1, 0.15) is 0 Å². The fraction of sp³-hybridized carbons (Fsp3) is 0.684. The Bertz CT molecular complexity index is 448. The Morgan fingerprint density at radius 2 is 1.67 bits per heavy atom. The summed E-state index contributed by atoms with van der Waals surface area (Å²) in [6, 6.07) is 9.79. The summed E-state index contributed by atoms with van der Waals surface area (Å²) in [6.07, 6.45) is 2.38. The zero-order valence-electron chi connectivity index (χ0n) is 14.7. The SMILES string of the molecule is CC(C)(C)Cc1ccc(N2CC[C@@H](NC(C)(C)C)C2)cc1. The monoisotopic (exact) mass is 288 g/mol. The first-order valence-corrected chi connectivity index (χ1v) is 8.24. The molecule has 1 atom stereocenters. The van der Waals surface area contributed by atoms with E-state index in [1.807, 2.05) is 0 Å². The molecule has 1 aliphatic rings. The van der Waals surface area contributed by atoms with Crippen LogP contribution >= 0.6 is 0 Å². The van der Waals surface area contributed by atoms with Crippen LogP contribution in [0.3, 0.4) is 0 Å². The van der Waals surface area contributed by atoms with E-state index in [9.17, 15) is 0 Å². The minimum absolute atomic E-state index is 0.206. The van der Waals surface area contributed by atoms with Gasteiger partial charge < -0.3 is 10.2 Å². The standard InChI is InChI=1S/C19H32N2/c1-18(2,3)13-15-7-9-17(10-8-15)21-12-11-16(14-21)20-19(4,5)6/h7-10,16,20H,11-14H2,1-6H3/t16-/m1/s1. The fourth-order valence-electron chi connectivity index (χ4n) is 3.16. The third kappa shape index (κ3) is 5.35. The maximum Gasteiger partial charge on any atom is 0.0366 e. The first kappa shape index (κ1) is 16.4. The maximum atomic E-state index is 3.72. The maximum absolute atomic E-state index is 3.72. The van der Waals surface area contributed by atoms with Gasteiger partial charge in [-0.05, 0) is 56.7 Å². The van der Waals surface area contributed by atoms with Gasteiger partial charge in [-0.25, -0.2) is 0 Å².